The maximum atomic E-state index is 12.4. The van der Waals surface area contributed by atoms with Crippen molar-refractivity contribution in [2.75, 3.05) is 31.9 Å². The van der Waals surface area contributed by atoms with Crippen LogP contribution in [-0.2, 0) is 22.0 Å². The molecule has 4 heterocycles. The molecule has 2 fully saturated rings. The van der Waals surface area contributed by atoms with Crippen molar-refractivity contribution < 1.29 is 12.9 Å². The lowest BCUT2D eigenvalue weighted by atomic mass is 9.81. The molecule has 7 nitrogen and oxygen atoms in total. The number of fused-ring (bicyclic) bond motifs is 1. The highest BCUT2D eigenvalue weighted by Gasteiger charge is 2.58. The largest absolute Gasteiger partial charge is 0.339 e. The van der Waals surface area contributed by atoms with Gasteiger partial charge in [-0.05, 0) is 37.8 Å². The zero-order valence-corrected chi connectivity index (χ0v) is 16.9. The van der Waals surface area contributed by atoms with Crippen LogP contribution < -0.4 is 0 Å². The van der Waals surface area contributed by atoms with Gasteiger partial charge in [-0.2, -0.15) is 4.98 Å². The van der Waals surface area contributed by atoms with Crippen molar-refractivity contribution in [2.24, 2.45) is 5.92 Å². The number of hydrogen-bond donors (Lipinski definition) is 0. The number of aryl methyl sites for hydroxylation is 2. The molecular weight excluding hydrogens is 372 g/mol. The number of nitrogens with zero attached hydrogens (tertiary/aromatic N) is 4. The van der Waals surface area contributed by atoms with Crippen LogP contribution in [0.4, 0.5) is 0 Å². The second-order valence-corrected chi connectivity index (χ2v) is 10.6. The molecule has 0 aromatic carbocycles. The maximum absolute atomic E-state index is 12.4. The molecule has 0 bridgehead atoms. The number of likely N-dealkylation sites (tertiary alicyclic amines) is 1. The van der Waals surface area contributed by atoms with Gasteiger partial charge in [0.25, 0.3) is 0 Å². The number of sulfonamides is 1. The van der Waals surface area contributed by atoms with Crippen LogP contribution in [0.1, 0.15) is 29.1 Å². The van der Waals surface area contributed by atoms with Crippen molar-refractivity contribution in [3.05, 3.63) is 33.6 Å². The van der Waals surface area contributed by atoms with Gasteiger partial charge in [0, 0.05) is 43.5 Å². The summed E-state index contributed by atoms with van der Waals surface area (Å²) >= 11 is 1.77. The molecule has 0 amide bonds. The van der Waals surface area contributed by atoms with Gasteiger partial charge in [-0.15, -0.1) is 11.3 Å². The molecule has 2 aliphatic rings. The van der Waals surface area contributed by atoms with Crippen LogP contribution in [0.25, 0.3) is 0 Å². The molecular formula is C17H24N4O3S2. The first kappa shape index (κ1) is 18.1. The summed E-state index contributed by atoms with van der Waals surface area (Å²) in [7, 11) is -3.23. The summed E-state index contributed by atoms with van der Waals surface area (Å²) < 4.78 is 32.0. The van der Waals surface area contributed by atoms with E-state index >= 15 is 0 Å². The zero-order chi connectivity index (χ0) is 18.5. The number of rotatable bonds is 5. The molecule has 4 rings (SSSR count). The summed E-state index contributed by atoms with van der Waals surface area (Å²) in [6, 6.07) is 2.14. The lowest BCUT2D eigenvalue weighted by Gasteiger charge is -2.25. The van der Waals surface area contributed by atoms with Gasteiger partial charge in [0.05, 0.1) is 11.2 Å². The standard InChI is InChI=1S/C17H24N4O3S2/c1-4-26(22,23)21-8-14-7-20(9-15-12(2)5-6-25-15)10-17(14,11-21)16-18-13(3)19-24-16/h5-6,14H,4,7-11H2,1-3H3/t14-,17-/m0/s1. The molecule has 2 aromatic rings. The second kappa shape index (κ2) is 6.40. The van der Waals surface area contributed by atoms with E-state index in [1.54, 1.807) is 29.5 Å². The third-order valence-electron chi connectivity index (χ3n) is 5.70. The molecule has 0 radical (unpaired) electrons. The number of hydrogen-bond acceptors (Lipinski definition) is 7. The van der Waals surface area contributed by atoms with Crippen molar-refractivity contribution in [2.45, 2.75) is 32.7 Å². The molecule has 0 spiro atoms. The quantitative estimate of drug-likeness (QED) is 0.767. The Bertz CT molecular complexity index is 907. The maximum Gasteiger partial charge on any atom is 0.235 e. The van der Waals surface area contributed by atoms with Gasteiger partial charge in [-0.1, -0.05) is 5.16 Å². The first-order valence-corrected chi connectivity index (χ1v) is 11.4. The van der Waals surface area contributed by atoms with Crippen molar-refractivity contribution in [1.29, 1.82) is 0 Å². The van der Waals surface area contributed by atoms with Gasteiger partial charge in [0.1, 0.15) is 0 Å². The lowest BCUT2D eigenvalue weighted by molar-refractivity contribution is 0.245. The molecule has 0 unspecified atom stereocenters. The van der Waals surface area contributed by atoms with E-state index in [0.717, 1.165) is 19.6 Å². The average molecular weight is 397 g/mol. The molecule has 142 valence electrons. The lowest BCUT2D eigenvalue weighted by Crippen LogP contribution is -2.40. The Balaban J connectivity index is 1.64. The van der Waals surface area contributed by atoms with Crippen LogP contribution in [0.3, 0.4) is 0 Å². The van der Waals surface area contributed by atoms with E-state index in [2.05, 4.69) is 33.4 Å². The van der Waals surface area contributed by atoms with E-state index in [0.29, 0.717) is 24.8 Å². The highest BCUT2D eigenvalue weighted by molar-refractivity contribution is 7.89. The van der Waals surface area contributed by atoms with Crippen molar-refractivity contribution in [3.8, 4) is 0 Å². The third-order valence-corrected chi connectivity index (χ3v) is 8.50. The van der Waals surface area contributed by atoms with Crippen molar-refractivity contribution in [1.82, 2.24) is 19.3 Å². The van der Waals surface area contributed by atoms with Crippen molar-refractivity contribution in [3.63, 3.8) is 0 Å². The van der Waals surface area contributed by atoms with Gasteiger partial charge >= 0.3 is 0 Å². The SMILES string of the molecule is CCS(=O)(=O)N1C[C@@H]2CN(Cc3sccc3C)C[C@]2(c2nc(C)no2)C1. The first-order chi connectivity index (χ1) is 12.3. The fourth-order valence-corrected chi connectivity index (χ4v) is 6.36. The zero-order valence-electron chi connectivity index (χ0n) is 15.3. The van der Waals surface area contributed by atoms with Crippen LogP contribution in [0.2, 0.25) is 0 Å². The molecule has 2 aromatic heterocycles. The summed E-state index contributed by atoms with van der Waals surface area (Å²) in [6.45, 7) is 9.05. The fourth-order valence-electron chi connectivity index (χ4n) is 4.21. The molecule has 0 N–H and O–H groups in total. The Morgan fingerprint density at radius 2 is 2.15 bits per heavy atom. The summed E-state index contributed by atoms with van der Waals surface area (Å²) in [5.74, 6) is 1.47. The van der Waals surface area contributed by atoms with Crippen LogP contribution in [0.15, 0.2) is 16.0 Å². The predicted molar refractivity (Wildman–Crippen MR) is 99.6 cm³/mol. The van der Waals surface area contributed by atoms with Crippen LogP contribution in [0, 0.1) is 19.8 Å². The summed E-state index contributed by atoms with van der Waals surface area (Å²) in [5.41, 5.74) is 0.902. The third kappa shape index (κ3) is 2.90. The van der Waals surface area contributed by atoms with E-state index in [4.69, 9.17) is 4.52 Å². The summed E-state index contributed by atoms with van der Waals surface area (Å²) in [5, 5.41) is 6.09. The number of aromatic nitrogens is 2. The molecule has 2 aliphatic heterocycles. The van der Waals surface area contributed by atoms with E-state index in [-0.39, 0.29) is 11.7 Å². The highest BCUT2D eigenvalue weighted by atomic mass is 32.2. The molecule has 0 aliphatic carbocycles. The van der Waals surface area contributed by atoms with Gasteiger partial charge in [-0.25, -0.2) is 12.7 Å². The molecule has 2 atom stereocenters. The van der Waals surface area contributed by atoms with Gasteiger partial charge in [0.15, 0.2) is 5.82 Å². The normalized spacial score (nSPS) is 27.3. The molecule has 9 heteroatoms. The van der Waals surface area contributed by atoms with Gasteiger partial charge < -0.3 is 4.52 Å². The monoisotopic (exact) mass is 396 g/mol. The van der Waals surface area contributed by atoms with Crippen LogP contribution >= 0.6 is 11.3 Å². The fraction of sp³-hybridized carbons (Fsp3) is 0.647. The Hall–Kier alpha value is -1.29. The minimum atomic E-state index is -3.23. The Morgan fingerprint density at radius 1 is 1.35 bits per heavy atom. The summed E-state index contributed by atoms with van der Waals surface area (Å²) in [6.07, 6.45) is 0. The Morgan fingerprint density at radius 3 is 2.77 bits per heavy atom. The van der Waals surface area contributed by atoms with E-state index in [1.165, 1.54) is 10.4 Å². The van der Waals surface area contributed by atoms with Crippen molar-refractivity contribution >= 4 is 21.4 Å². The first-order valence-electron chi connectivity index (χ1n) is 8.88. The Kier molecular flexibility index (Phi) is 4.45. The average Bonchev–Trinajstić information content (AvgIpc) is 3.32. The molecule has 26 heavy (non-hydrogen) atoms. The topological polar surface area (TPSA) is 79.5 Å². The van der Waals surface area contributed by atoms with E-state index in [1.807, 2.05) is 0 Å². The molecule has 2 saturated heterocycles. The van der Waals surface area contributed by atoms with Gasteiger partial charge in [0.2, 0.25) is 15.9 Å². The number of thiophene rings is 1. The van der Waals surface area contributed by atoms with Crippen LogP contribution in [0.5, 0.6) is 0 Å². The Labute approximate surface area is 158 Å². The van der Waals surface area contributed by atoms with E-state index in [9.17, 15) is 8.42 Å². The minimum absolute atomic E-state index is 0.122. The summed E-state index contributed by atoms with van der Waals surface area (Å²) in [4.78, 5) is 8.26. The molecule has 0 saturated carbocycles. The van der Waals surface area contributed by atoms with Crippen LogP contribution in [-0.4, -0.2) is 59.7 Å². The van der Waals surface area contributed by atoms with E-state index < -0.39 is 15.4 Å². The smallest absolute Gasteiger partial charge is 0.235 e. The predicted octanol–water partition coefficient (Wildman–Crippen LogP) is 1.78. The second-order valence-electron chi connectivity index (χ2n) is 7.39. The minimum Gasteiger partial charge on any atom is -0.339 e. The van der Waals surface area contributed by atoms with Gasteiger partial charge in [-0.3, -0.25) is 4.90 Å². The highest BCUT2D eigenvalue weighted by Crippen LogP contribution is 2.45.